The number of nitrogens with zero attached hydrogens (tertiary/aromatic N) is 3. The molecule has 0 aliphatic carbocycles. The van der Waals surface area contributed by atoms with Gasteiger partial charge in [0.1, 0.15) is 5.56 Å². The summed E-state index contributed by atoms with van der Waals surface area (Å²) in [6.45, 7) is 8.10. The standard InChI is InChI=1S/C18H26N4O3S/c1-3-13(4-2)15(21-5-8-25-9-6-21)12-19-16(23)14-11-20-18-22(17(14)24)7-10-26-18/h7,10-11,13,15H,3-6,8-9,12H2,1-2H3,(H,19,23). The number of carbonyl (C=O) groups excluding carboxylic acids is 1. The fourth-order valence-electron chi connectivity index (χ4n) is 3.61. The lowest BCUT2D eigenvalue weighted by molar-refractivity contribution is 0.00191. The zero-order chi connectivity index (χ0) is 18.5. The van der Waals surface area contributed by atoms with Gasteiger partial charge in [-0.05, 0) is 5.92 Å². The van der Waals surface area contributed by atoms with Gasteiger partial charge in [-0.2, -0.15) is 0 Å². The van der Waals surface area contributed by atoms with Gasteiger partial charge < -0.3 is 10.1 Å². The molecule has 0 saturated carbocycles. The summed E-state index contributed by atoms with van der Waals surface area (Å²) in [4.78, 5) is 32.3. The van der Waals surface area contributed by atoms with Crippen LogP contribution in [0.25, 0.3) is 4.96 Å². The van der Waals surface area contributed by atoms with E-state index in [9.17, 15) is 9.59 Å². The third-order valence-corrected chi connectivity index (χ3v) is 5.94. The monoisotopic (exact) mass is 378 g/mol. The number of hydrogen-bond donors (Lipinski definition) is 1. The summed E-state index contributed by atoms with van der Waals surface area (Å²) in [6, 6.07) is 0.249. The number of aromatic nitrogens is 2. The smallest absolute Gasteiger partial charge is 0.271 e. The molecule has 142 valence electrons. The van der Waals surface area contributed by atoms with Crippen LogP contribution in [-0.4, -0.2) is 59.1 Å². The number of rotatable bonds is 7. The largest absolute Gasteiger partial charge is 0.379 e. The molecule has 2 aromatic rings. The van der Waals surface area contributed by atoms with E-state index >= 15 is 0 Å². The van der Waals surface area contributed by atoms with Crippen molar-refractivity contribution in [1.82, 2.24) is 19.6 Å². The lowest BCUT2D eigenvalue weighted by Gasteiger charge is -2.38. The molecule has 1 aliphatic heterocycles. The molecule has 8 heteroatoms. The van der Waals surface area contributed by atoms with Gasteiger partial charge in [0.25, 0.3) is 11.5 Å². The van der Waals surface area contributed by atoms with E-state index in [2.05, 4.69) is 29.0 Å². The van der Waals surface area contributed by atoms with E-state index in [-0.39, 0.29) is 23.1 Å². The average molecular weight is 378 g/mol. The molecule has 0 spiro atoms. The summed E-state index contributed by atoms with van der Waals surface area (Å²) in [6.07, 6.45) is 5.14. The Morgan fingerprint density at radius 2 is 2.08 bits per heavy atom. The molecule has 7 nitrogen and oxygen atoms in total. The van der Waals surface area contributed by atoms with Gasteiger partial charge in [-0.25, -0.2) is 4.98 Å². The number of thiazole rings is 1. The van der Waals surface area contributed by atoms with Crippen LogP contribution >= 0.6 is 11.3 Å². The molecule has 0 bridgehead atoms. The van der Waals surface area contributed by atoms with E-state index < -0.39 is 0 Å². The van der Waals surface area contributed by atoms with E-state index in [0.717, 1.165) is 39.1 Å². The molecular formula is C18H26N4O3S. The molecule has 1 saturated heterocycles. The highest BCUT2D eigenvalue weighted by atomic mass is 32.1. The van der Waals surface area contributed by atoms with Gasteiger partial charge >= 0.3 is 0 Å². The number of morpholine rings is 1. The molecule has 1 aliphatic rings. The van der Waals surface area contributed by atoms with Crippen LogP contribution in [0, 0.1) is 5.92 Å². The van der Waals surface area contributed by atoms with Crippen molar-refractivity contribution in [3.63, 3.8) is 0 Å². The third-order valence-electron chi connectivity index (χ3n) is 5.17. The quantitative estimate of drug-likeness (QED) is 0.792. The second-order valence-corrected chi connectivity index (χ2v) is 7.41. The maximum Gasteiger partial charge on any atom is 0.271 e. The SMILES string of the molecule is CCC(CC)C(CNC(=O)c1cnc2sccn2c1=O)N1CCOCC1. The average Bonchev–Trinajstić information content (AvgIpc) is 3.15. The second-order valence-electron chi connectivity index (χ2n) is 6.53. The minimum Gasteiger partial charge on any atom is -0.379 e. The molecule has 3 heterocycles. The fraction of sp³-hybridized carbons (Fsp3) is 0.611. The van der Waals surface area contributed by atoms with Crippen LogP contribution in [0.5, 0.6) is 0 Å². The van der Waals surface area contributed by atoms with Crippen molar-refractivity contribution in [2.45, 2.75) is 32.7 Å². The summed E-state index contributed by atoms with van der Waals surface area (Å²) in [5, 5.41) is 4.76. The molecule has 1 atom stereocenters. The molecule has 0 aromatic carbocycles. The number of amides is 1. The second kappa shape index (κ2) is 8.75. The minimum atomic E-state index is -0.354. The van der Waals surface area contributed by atoms with Crippen LogP contribution in [0.1, 0.15) is 37.0 Å². The Morgan fingerprint density at radius 3 is 2.77 bits per heavy atom. The van der Waals surface area contributed by atoms with Crippen LogP contribution in [0.4, 0.5) is 0 Å². The van der Waals surface area contributed by atoms with Crippen LogP contribution in [0.2, 0.25) is 0 Å². The third kappa shape index (κ3) is 3.97. The number of fused-ring (bicyclic) bond motifs is 1. The normalized spacial score (nSPS) is 16.9. The first-order chi connectivity index (χ1) is 12.7. The molecule has 0 radical (unpaired) electrons. The first-order valence-electron chi connectivity index (χ1n) is 9.20. The number of ether oxygens (including phenoxy) is 1. The van der Waals surface area contributed by atoms with E-state index in [1.54, 1.807) is 11.6 Å². The fourth-order valence-corrected chi connectivity index (χ4v) is 4.28. The Bertz CT molecular complexity index is 793. The number of hydrogen-bond acceptors (Lipinski definition) is 6. The lowest BCUT2D eigenvalue weighted by Crippen LogP contribution is -2.52. The van der Waals surface area contributed by atoms with Gasteiger partial charge in [-0.15, -0.1) is 11.3 Å². The summed E-state index contributed by atoms with van der Waals surface area (Å²) in [5.41, 5.74) is -0.231. The maximum absolute atomic E-state index is 12.6. The van der Waals surface area contributed by atoms with E-state index in [0.29, 0.717) is 17.4 Å². The zero-order valence-electron chi connectivity index (χ0n) is 15.3. The van der Waals surface area contributed by atoms with Crippen molar-refractivity contribution in [2.75, 3.05) is 32.8 Å². The van der Waals surface area contributed by atoms with Crippen molar-refractivity contribution in [1.29, 1.82) is 0 Å². The Hall–Kier alpha value is -1.77. The highest BCUT2D eigenvalue weighted by molar-refractivity contribution is 7.15. The molecule has 1 amide bonds. The Balaban J connectivity index is 1.73. The molecule has 1 N–H and O–H groups in total. The van der Waals surface area contributed by atoms with E-state index in [1.165, 1.54) is 21.9 Å². The Kier molecular flexibility index (Phi) is 6.39. The van der Waals surface area contributed by atoms with Crippen molar-refractivity contribution in [3.05, 3.63) is 33.7 Å². The lowest BCUT2D eigenvalue weighted by atomic mass is 9.92. The molecular weight excluding hydrogens is 352 g/mol. The summed E-state index contributed by atoms with van der Waals surface area (Å²) < 4.78 is 6.88. The van der Waals surface area contributed by atoms with Crippen molar-refractivity contribution in [2.24, 2.45) is 5.92 Å². The predicted octanol–water partition coefficient (Wildman–Crippen LogP) is 1.62. The van der Waals surface area contributed by atoms with Gasteiger partial charge in [-0.3, -0.25) is 18.9 Å². The topological polar surface area (TPSA) is 75.9 Å². The molecule has 1 unspecified atom stereocenters. The zero-order valence-corrected chi connectivity index (χ0v) is 16.1. The van der Waals surface area contributed by atoms with Gasteiger partial charge in [0, 0.05) is 43.4 Å². The molecule has 26 heavy (non-hydrogen) atoms. The molecule has 2 aromatic heterocycles. The number of carbonyl (C=O) groups is 1. The van der Waals surface area contributed by atoms with E-state index in [1.807, 2.05) is 0 Å². The van der Waals surface area contributed by atoms with Crippen molar-refractivity contribution in [3.8, 4) is 0 Å². The highest BCUT2D eigenvalue weighted by Gasteiger charge is 2.27. The van der Waals surface area contributed by atoms with Gasteiger partial charge in [0.05, 0.1) is 13.2 Å². The van der Waals surface area contributed by atoms with Crippen LogP contribution in [0.3, 0.4) is 0 Å². The van der Waals surface area contributed by atoms with Gasteiger partial charge in [-0.1, -0.05) is 26.7 Å². The predicted molar refractivity (Wildman–Crippen MR) is 102 cm³/mol. The van der Waals surface area contributed by atoms with Crippen molar-refractivity contribution < 1.29 is 9.53 Å². The van der Waals surface area contributed by atoms with Crippen LogP contribution in [-0.2, 0) is 4.74 Å². The molecule has 3 rings (SSSR count). The Morgan fingerprint density at radius 1 is 1.35 bits per heavy atom. The number of nitrogens with one attached hydrogen (secondary N) is 1. The molecule has 1 fully saturated rings. The minimum absolute atomic E-state index is 0.0891. The maximum atomic E-state index is 12.6. The summed E-state index contributed by atoms with van der Waals surface area (Å²) in [5.74, 6) is 0.138. The highest BCUT2D eigenvalue weighted by Crippen LogP contribution is 2.19. The summed E-state index contributed by atoms with van der Waals surface area (Å²) in [7, 11) is 0. The Labute approximate surface area is 157 Å². The first kappa shape index (κ1) is 19.0. The van der Waals surface area contributed by atoms with Crippen molar-refractivity contribution >= 4 is 22.2 Å². The van der Waals surface area contributed by atoms with Crippen LogP contribution < -0.4 is 10.9 Å². The first-order valence-corrected chi connectivity index (χ1v) is 10.1. The van der Waals surface area contributed by atoms with Gasteiger partial charge in [0.2, 0.25) is 0 Å². The van der Waals surface area contributed by atoms with E-state index in [4.69, 9.17) is 4.74 Å². The van der Waals surface area contributed by atoms with Crippen LogP contribution in [0.15, 0.2) is 22.6 Å². The van der Waals surface area contributed by atoms with Gasteiger partial charge in [0.15, 0.2) is 4.96 Å². The summed E-state index contributed by atoms with van der Waals surface area (Å²) >= 11 is 1.37.